The zero-order valence-corrected chi connectivity index (χ0v) is 9.55. The van der Waals surface area contributed by atoms with E-state index in [1.165, 1.54) is 0 Å². The van der Waals surface area contributed by atoms with Crippen LogP contribution < -0.4 is 5.73 Å². The van der Waals surface area contributed by atoms with Crippen LogP contribution in [0.4, 0.5) is 0 Å². The SMILES string of the molecule is CCOP(=O)(CC(C)CN)OCC. The molecule has 0 heterocycles. The van der Waals surface area contributed by atoms with Crippen LogP contribution in [-0.2, 0) is 13.6 Å². The molecule has 80 valence electrons. The van der Waals surface area contributed by atoms with Crippen molar-refractivity contribution in [2.24, 2.45) is 11.7 Å². The third-order valence-corrected chi connectivity index (χ3v) is 3.96. The van der Waals surface area contributed by atoms with Crippen LogP contribution in [0.3, 0.4) is 0 Å². The van der Waals surface area contributed by atoms with Crippen molar-refractivity contribution in [1.29, 1.82) is 0 Å². The second kappa shape index (κ2) is 6.55. The fraction of sp³-hybridized carbons (Fsp3) is 1.00. The highest BCUT2D eigenvalue weighted by Crippen LogP contribution is 2.49. The van der Waals surface area contributed by atoms with Crippen LogP contribution in [0, 0.1) is 5.92 Å². The minimum atomic E-state index is -2.87. The molecule has 0 aromatic heterocycles. The van der Waals surface area contributed by atoms with Crippen LogP contribution in [-0.4, -0.2) is 25.9 Å². The first-order valence-electron chi connectivity index (χ1n) is 4.66. The van der Waals surface area contributed by atoms with Gasteiger partial charge in [0.1, 0.15) is 0 Å². The maximum Gasteiger partial charge on any atom is 0.330 e. The lowest BCUT2D eigenvalue weighted by molar-refractivity contribution is 0.217. The van der Waals surface area contributed by atoms with Gasteiger partial charge in [-0.2, -0.15) is 0 Å². The first-order chi connectivity index (χ1) is 6.08. The van der Waals surface area contributed by atoms with Crippen LogP contribution in [0.5, 0.6) is 0 Å². The van der Waals surface area contributed by atoms with Gasteiger partial charge in [0.05, 0.1) is 19.4 Å². The highest BCUT2D eigenvalue weighted by molar-refractivity contribution is 7.53. The van der Waals surface area contributed by atoms with Gasteiger partial charge in [-0.15, -0.1) is 0 Å². The van der Waals surface area contributed by atoms with Gasteiger partial charge in [-0.1, -0.05) is 6.92 Å². The van der Waals surface area contributed by atoms with Crippen molar-refractivity contribution in [2.75, 3.05) is 25.9 Å². The van der Waals surface area contributed by atoms with Crippen molar-refractivity contribution in [3.8, 4) is 0 Å². The number of nitrogens with two attached hydrogens (primary N) is 1. The van der Waals surface area contributed by atoms with E-state index in [0.29, 0.717) is 25.9 Å². The van der Waals surface area contributed by atoms with E-state index >= 15 is 0 Å². The summed E-state index contributed by atoms with van der Waals surface area (Å²) in [5.74, 6) is 0.170. The molecule has 0 aliphatic heterocycles. The van der Waals surface area contributed by atoms with E-state index in [2.05, 4.69) is 0 Å². The molecule has 0 fully saturated rings. The summed E-state index contributed by atoms with van der Waals surface area (Å²) in [6.07, 6.45) is 0.408. The molecule has 0 aliphatic carbocycles. The summed E-state index contributed by atoms with van der Waals surface area (Å²) in [7, 11) is -2.87. The summed E-state index contributed by atoms with van der Waals surface area (Å²) in [5.41, 5.74) is 5.44. The Morgan fingerprint density at radius 3 is 2.08 bits per heavy atom. The molecule has 13 heavy (non-hydrogen) atoms. The highest BCUT2D eigenvalue weighted by Gasteiger charge is 2.25. The van der Waals surface area contributed by atoms with E-state index in [-0.39, 0.29) is 5.92 Å². The van der Waals surface area contributed by atoms with Gasteiger partial charge in [-0.3, -0.25) is 4.57 Å². The van der Waals surface area contributed by atoms with Gasteiger partial charge < -0.3 is 14.8 Å². The maximum absolute atomic E-state index is 11.9. The van der Waals surface area contributed by atoms with E-state index in [0.717, 1.165) is 0 Å². The lowest BCUT2D eigenvalue weighted by Gasteiger charge is -2.19. The largest absolute Gasteiger partial charge is 0.330 e. The summed E-state index contributed by atoms with van der Waals surface area (Å²) in [5, 5.41) is 0. The molecule has 0 saturated carbocycles. The second-order valence-corrected chi connectivity index (χ2v) is 5.07. The lowest BCUT2D eigenvalue weighted by Crippen LogP contribution is -2.16. The van der Waals surface area contributed by atoms with Crippen molar-refractivity contribution >= 4 is 7.60 Å². The summed E-state index contributed by atoms with van der Waals surface area (Å²) in [4.78, 5) is 0. The predicted molar refractivity (Wildman–Crippen MR) is 53.9 cm³/mol. The summed E-state index contributed by atoms with van der Waals surface area (Å²) >= 11 is 0. The van der Waals surface area contributed by atoms with E-state index in [1.54, 1.807) is 13.8 Å². The summed E-state index contributed by atoms with van der Waals surface area (Å²) in [6.45, 7) is 6.87. The Morgan fingerprint density at radius 2 is 1.77 bits per heavy atom. The monoisotopic (exact) mass is 209 g/mol. The molecule has 0 aromatic carbocycles. The Bertz CT molecular complexity index is 165. The van der Waals surface area contributed by atoms with Crippen molar-refractivity contribution in [3.63, 3.8) is 0 Å². The Kier molecular flexibility index (Phi) is 6.60. The normalized spacial score (nSPS) is 14.5. The molecule has 2 N–H and O–H groups in total. The van der Waals surface area contributed by atoms with Crippen molar-refractivity contribution < 1.29 is 13.6 Å². The van der Waals surface area contributed by atoms with E-state index < -0.39 is 7.60 Å². The molecular formula is C8H20NO3P. The average Bonchev–Trinajstić information content (AvgIpc) is 2.04. The van der Waals surface area contributed by atoms with E-state index in [9.17, 15) is 4.57 Å². The predicted octanol–water partition coefficient (Wildman–Crippen LogP) is 1.85. The quantitative estimate of drug-likeness (QED) is 0.650. The van der Waals surface area contributed by atoms with Crippen molar-refractivity contribution in [3.05, 3.63) is 0 Å². The van der Waals surface area contributed by atoms with Gasteiger partial charge in [0.2, 0.25) is 0 Å². The molecule has 0 rings (SSSR count). The van der Waals surface area contributed by atoms with Gasteiger partial charge in [-0.25, -0.2) is 0 Å². The van der Waals surface area contributed by atoms with Gasteiger partial charge >= 0.3 is 7.60 Å². The van der Waals surface area contributed by atoms with Crippen molar-refractivity contribution in [1.82, 2.24) is 0 Å². The fourth-order valence-corrected chi connectivity index (χ4v) is 2.98. The molecule has 4 nitrogen and oxygen atoms in total. The topological polar surface area (TPSA) is 61.5 Å². The smallest absolute Gasteiger partial charge is 0.330 e. The zero-order valence-electron chi connectivity index (χ0n) is 8.66. The van der Waals surface area contributed by atoms with Crippen LogP contribution in [0.15, 0.2) is 0 Å². The molecule has 0 amide bonds. The van der Waals surface area contributed by atoms with Crippen LogP contribution in [0.1, 0.15) is 20.8 Å². The fourth-order valence-electron chi connectivity index (χ4n) is 0.992. The number of hydrogen-bond donors (Lipinski definition) is 1. The van der Waals surface area contributed by atoms with Gasteiger partial charge in [0.15, 0.2) is 0 Å². The lowest BCUT2D eigenvalue weighted by atomic mass is 10.2. The number of rotatable bonds is 7. The minimum absolute atomic E-state index is 0.170. The molecule has 5 heteroatoms. The molecule has 1 atom stereocenters. The molecule has 0 radical (unpaired) electrons. The zero-order chi connectivity index (χ0) is 10.3. The third-order valence-electron chi connectivity index (χ3n) is 1.59. The Balaban J connectivity index is 4.14. The van der Waals surface area contributed by atoms with Crippen LogP contribution in [0.2, 0.25) is 0 Å². The van der Waals surface area contributed by atoms with Crippen LogP contribution in [0.25, 0.3) is 0 Å². The molecule has 0 aromatic rings. The Labute approximate surface area is 80.3 Å². The van der Waals surface area contributed by atoms with Gasteiger partial charge in [0, 0.05) is 0 Å². The van der Waals surface area contributed by atoms with Crippen molar-refractivity contribution in [2.45, 2.75) is 20.8 Å². The maximum atomic E-state index is 11.9. The minimum Gasteiger partial charge on any atom is -0.330 e. The highest BCUT2D eigenvalue weighted by atomic mass is 31.2. The van der Waals surface area contributed by atoms with Crippen LogP contribution >= 0.6 is 7.60 Å². The van der Waals surface area contributed by atoms with E-state index in [1.807, 2.05) is 6.92 Å². The van der Waals surface area contributed by atoms with Gasteiger partial charge in [0.25, 0.3) is 0 Å². The Hall–Kier alpha value is 0.110. The van der Waals surface area contributed by atoms with E-state index in [4.69, 9.17) is 14.8 Å². The molecule has 0 saturated heterocycles. The number of hydrogen-bond acceptors (Lipinski definition) is 4. The summed E-state index contributed by atoms with van der Waals surface area (Å²) < 4.78 is 22.1. The second-order valence-electron chi connectivity index (χ2n) is 2.97. The molecule has 0 spiro atoms. The molecule has 1 unspecified atom stereocenters. The average molecular weight is 209 g/mol. The first kappa shape index (κ1) is 13.1. The standard InChI is InChI=1S/C8H20NO3P/c1-4-11-13(10,12-5-2)7-8(3)6-9/h8H,4-7,9H2,1-3H3. The van der Waals surface area contributed by atoms with Gasteiger partial charge in [-0.05, 0) is 26.3 Å². The molecule has 0 bridgehead atoms. The third kappa shape index (κ3) is 5.42. The molecular weight excluding hydrogens is 189 g/mol. The summed E-state index contributed by atoms with van der Waals surface area (Å²) in [6, 6.07) is 0. The molecule has 0 aliphatic rings. The Morgan fingerprint density at radius 1 is 1.31 bits per heavy atom. The first-order valence-corrected chi connectivity index (χ1v) is 6.39.